The molecule has 7 nitrogen and oxygen atoms in total. The molecule has 1 atom stereocenters. The van der Waals surface area contributed by atoms with Crippen LogP contribution in [0.1, 0.15) is 19.8 Å². The van der Waals surface area contributed by atoms with Crippen molar-refractivity contribution in [2.45, 2.75) is 31.9 Å². The number of aromatic nitrogens is 3. The first kappa shape index (κ1) is 20.8. The van der Waals surface area contributed by atoms with Crippen molar-refractivity contribution >= 4 is 11.6 Å². The van der Waals surface area contributed by atoms with Crippen LogP contribution in [0.25, 0.3) is 5.69 Å². The molecule has 2 aromatic carbocycles. The van der Waals surface area contributed by atoms with E-state index in [0.717, 1.165) is 62.2 Å². The molecule has 2 aliphatic rings. The van der Waals surface area contributed by atoms with E-state index in [-0.39, 0.29) is 13.2 Å². The van der Waals surface area contributed by atoms with Gasteiger partial charge in [-0.05, 0) is 56.1 Å². The van der Waals surface area contributed by atoms with Gasteiger partial charge in [0.1, 0.15) is 29.8 Å². The second kappa shape index (κ2) is 8.84. The number of piperidine rings is 1. The highest BCUT2D eigenvalue weighted by molar-refractivity contribution is 5.57. The lowest BCUT2D eigenvalue weighted by Crippen LogP contribution is -2.54. The molecule has 0 amide bonds. The van der Waals surface area contributed by atoms with Crippen LogP contribution in [0, 0.1) is 18.6 Å². The zero-order valence-electron chi connectivity index (χ0n) is 17.8. The minimum atomic E-state index is -0.670. The number of likely N-dealkylation sites (tertiary alicyclic amines) is 1. The van der Waals surface area contributed by atoms with Crippen molar-refractivity contribution in [1.82, 2.24) is 19.7 Å². The number of benzene rings is 2. The van der Waals surface area contributed by atoms with Crippen molar-refractivity contribution in [2.75, 3.05) is 31.6 Å². The number of aryl methyl sites for hydroxylation is 1. The summed E-state index contributed by atoms with van der Waals surface area (Å²) in [6.07, 6.45) is 3.68. The molecule has 0 saturated carbocycles. The van der Waals surface area contributed by atoms with Crippen molar-refractivity contribution in [2.24, 2.45) is 0 Å². The van der Waals surface area contributed by atoms with Crippen molar-refractivity contribution in [3.8, 4) is 11.4 Å². The molecule has 9 heteroatoms. The van der Waals surface area contributed by atoms with Gasteiger partial charge >= 0.3 is 0 Å². The van der Waals surface area contributed by atoms with Gasteiger partial charge in [-0.1, -0.05) is 0 Å². The number of rotatable bonds is 6. The number of hydrogen-bond donors (Lipinski definition) is 1. The fourth-order valence-electron chi connectivity index (χ4n) is 4.15. The minimum absolute atomic E-state index is 0. The maximum Gasteiger partial charge on any atom is 0.246 e. The lowest BCUT2D eigenvalue weighted by molar-refractivity contribution is -0.0825. The van der Waals surface area contributed by atoms with Crippen LogP contribution in [0.3, 0.4) is 0 Å². The van der Waals surface area contributed by atoms with Crippen LogP contribution < -0.4 is 10.1 Å². The Kier molecular flexibility index (Phi) is 5.75. The summed E-state index contributed by atoms with van der Waals surface area (Å²) in [6.45, 7) is 5.62. The van der Waals surface area contributed by atoms with E-state index in [9.17, 15) is 8.78 Å². The standard InChI is InChI=1S/C23H25F2N5O2.H2/c1-15-5-18(27-23-26-14-30(28-23)19-8-16(24)7-17(25)9-19)10-22(6-15)32-21-3-2-4-29(11-21)20-12-31-13-20;/h5-10,14,20-21H,2-4,11-13H2,1H3,(H,27,28);1H. The van der Waals surface area contributed by atoms with E-state index < -0.39 is 11.6 Å². The van der Waals surface area contributed by atoms with Crippen molar-refractivity contribution < 1.29 is 19.7 Å². The third-order valence-corrected chi connectivity index (χ3v) is 5.76. The van der Waals surface area contributed by atoms with Crippen LogP contribution in [0.4, 0.5) is 20.4 Å². The second-order valence-corrected chi connectivity index (χ2v) is 8.37. The molecular weight excluding hydrogens is 416 g/mol. The Morgan fingerprint density at radius 3 is 2.69 bits per heavy atom. The van der Waals surface area contributed by atoms with E-state index in [1.807, 2.05) is 25.1 Å². The highest BCUT2D eigenvalue weighted by Gasteiger charge is 2.31. The minimum Gasteiger partial charge on any atom is -0.489 e. The van der Waals surface area contributed by atoms with Gasteiger partial charge < -0.3 is 14.8 Å². The highest BCUT2D eigenvalue weighted by Crippen LogP contribution is 2.27. The van der Waals surface area contributed by atoms with Gasteiger partial charge in [-0.3, -0.25) is 4.90 Å². The largest absolute Gasteiger partial charge is 0.489 e. The number of nitrogens with one attached hydrogen (secondary N) is 1. The van der Waals surface area contributed by atoms with Gasteiger partial charge in [0.15, 0.2) is 0 Å². The number of halogens is 2. The average molecular weight is 443 g/mol. The monoisotopic (exact) mass is 443 g/mol. The first-order valence-corrected chi connectivity index (χ1v) is 10.8. The molecule has 3 heterocycles. The summed E-state index contributed by atoms with van der Waals surface area (Å²) in [7, 11) is 0. The molecule has 0 bridgehead atoms. The van der Waals surface area contributed by atoms with Crippen LogP contribution in [-0.4, -0.2) is 58.1 Å². The zero-order valence-corrected chi connectivity index (χ0v) is 17.8. The summed E-state index contributed by atoms with van der Waals surface area (Å²) < 4.78 is 40.0. The van der Waals surface area contributed by atoms with Crippen LogP contribution in [0.5, 0.6) is 5.75 Å². The van der Waals surface area contributed by atoms with Crippen LogP contribution in [0.2, 0.25) is 0 Å². The SMILES string of the molecule is Cc1cc(Nc2ncn(-c3cc(F)cc(F)c3)n2)cc(OC2CCCN(C3COC3)C2)c1.[HH]. The van der Waals surface area contributed by atoms with Crippen molar-refractivity contribution in [3.05, 3.63) is 59.9 Å². The predicted molar refractivity (Wildman–Crippen MR) is 118 cm³/mol. The quantitative estimate of drug-likeness (QED) is 0.619. The van der Waals surface area contributed by atoms with E-state index in [4.69, 9.17) is 9.47 Å². The van der Waals surface area contributed by atoms with Crippen molar-refractivity contribution in [1.29, 1.82) is 0 Å². The molecule has 1 aromatic heterocycles. The molecule has 32 heavy (non-hydrogen) atoms. The molecule has 5 rings (SSSR count). The lowest BCUT2D eigenvalue weighted by Gasteiger charge is -2.41. The number of ether oxygens (including phenoxy) is 2. The molecule has 170 valence electrons. The molecule has 0 aliphatic carbocycles. The molecule has 1 N–H and O–H groups in total. The topological polar surface area (TPSA) is 64.4 Å². The van der Waals surface area contributed by atoms with Crippen molar-refractivity contribution in [3.63, 3.8) is 0 Å². The maximum atomic E-state index is 13.5. The Morgan fingerprint density at radius 2 is 1.94 bits per heavy atom. The summed E-state index contributed by atoms with van der Waals surface area (Å²) in [5.41, 5.74) is 2.08. The molecule has 3 aromatic rings. The van der Waals surface area contributed by atoms with Gasteiger partial charge in [0.05, 0.1) is 24.9 Å². The zero-order chi connectivity index (χ0) is 22.1. The third-order valence-electron chi connectivity index (χ3n) is 5.76. The summed E-state index contributed by atoms with van der Waals surface area (Å²) >= 11 is 0. The Bertz CT molecular complexity index is 1090. The molecule has 1 unspecified atom stereocenters. The average Bonchev–Trinajstić information content (AvgIpc) is 3.14. The van der Waals surface area contributed by atoms with Gasteiger partial charge in [0, 0.05) is 25.8 Å². The first-order valence-electron chi connectivity index (χ1n) is 10.8. The summed E-state index contributed by atoms with van der Waals surface area (Å²) in [6, 6.07) is 9.63. The summed E-state index contributed by atoms with van der Waals surface area (Å²) in [5.74, 6) is -0.232. The molecule has 0 radical (unpaired) electrons. The normalized spacial score (nSPS) is 19.5. The summed E-state index contributed by atoms with van der Waals surface area (Å²) in [4.78, 5) is 6.66. The molecule has 0 spiro atoms. The van der Waals surface area contributed by atoms with Gasteiger partial charge in [-0.2, -0.15) is 4.98 Å². The van der Waals surface area contributed by atoms with Crippen LogP contribution in [-0.2, 0) is 4.74 Å². The highest BCUT2D eigenvalue weighted by atomic mass is 19.1. The Morgan fingerprint density at radius 1 is 1.12 bits per heavy atom. The molecule has 2 fully saturated rings. The van der Waals surface area contributed by atoms with Crippen LogP contribution in [0.15, 0.2) is 42.7 Å². The van der Waals surface area contributed by atoms with E-state index in [2.05, 4.69) is 20.3 Å². The fourth-order valence-corrected chi connectivity index (χ4v) is 4.15. The van der Waals surface area contributed by atoms with Gasteiger partial charge in [-0.15, -0.1) is 5.10 Å². The van der Waals surface area contributed by atoms with Crippen LogP contribution >= 0.6 is 0 Å². The smallest absolute Gasteiger partial charge is 0.246 e. The first-order chi connectivity index (χ1) is 15.5. The number of nitrogens with zero attached hydrogens (tertiary/aromatic N) is 4. The second-order valence-electron chi connectivity index (χ2n) is 8.37. The number of anilines is 2. The predicted octanol–water partition coefficient (Wildman–Crippen LogP) is 4.09. The van der Waals surface area contributed by atoms with E-state index >= 15 is 0 Å². The number of hydrogen-bond acceptors (Lipinski definition) is 6. The molecular formula is C23H27F2N5O2. The van der Waals surface area contributed by atoms with E-state index in [1.165, 1.54) is 23.1 Å². The van der Waals surface area contributed by atoms with Gasteiger partial charge in [0.2, 0.25) is 5.95 Å². The Labute approximate surface area is 186 Å². The van der Waals surface area contributed by atoms with Gasteiger partial charge in [-0.25, -0.2) is 13.5 Å². The van der Waals surface area contributed by atoms with E-state index in [0.29, 0.717) is 12.0 Å². The lowest BCUT2D eigenvalue weighted by atomic mass is 10.0. The maximum absolute atomic E-state index is 13.5. The third kappa shape index (κ3) is 4.73. The Hall–Kier alpha value is -3.04. The van der Waals surface area contributed by atoms with Gasteiger partial charge in [0.25, 0.3) is 0 Å². The summed E-state index contributed by atoms with van der Waals surface area (Å²) in [5, 5.41) is 7.43. The fraction of sp³-hybridized carbons (Fsp3) is 0.391. The molecule has 2 aliphatic heterocycles. The molecule has 2 saturated heterocycles. The van der Waals surface area contributed by atoms with E-state index in [1.54, 1.807) is 0 Å². The Balaban J connectivity index is 0.00000259.